The average Bonchev–Trinajstić information content (AvgIpc) is 3.39. The molecule has 5 rings (SSSR count). The summed E-state index contributed by atoms with van der Waals surface area (Å²) in [5.41, 5.74) is 4.21. The molecule has 3 aromatic heterocycles. The summed E-state index contributed by atoms with van der Waals surface area (Å²) in [4.78, 5) is 13.3. The van der Waals surface area contributed by atoms with E-state index in [1.54, 1.807) is 22.9 Å². The standard InChI is InChI=1S/C20H20FN5/c21-17-9-14(12-26-8-7-22-19(17)26)15-3-1-2-4-18-16(15)11-24-20(25-18)23-10-13-5-6-13/h3,7-9,11-13H,1-2,4-6,10H2,(H,23,24,25). The maximum absolute atomic E-state index is 14.4. The van der Waals surface area contributed by atoms with E-state index in [1.807, 2.05) is 12.4 Å². The van der Waals surface area contributed by atoms with Gasteiger partial charge in [-0.05, 0) is 49.7 Å². The number of imidazole rings is 1. The monoisotopic (exact) mass is 349 g/mol. The van der Waals surface area contributed by atoms with Crippen LogP contribution in [0.3, 0.4) is 0 Å². The fourth-order valence-corrected chi connectivity index (χ4v) is 3.51. The number of hydrogen-bond acceptors (Lipinski definition) is 4. The Morgan fingerprint density at radius 2 is 2.19 bits per heavy atom. The van der Waals surface area contributed by atoms with Gasteiger partial charge in [-0.15, -0.1) is 0 Å². The molecule has 1 saturated carbocycles. The lowest BCUT2D eigenvalue weighted by atomic mass is 9.99. The summed E-state index contributed by atoms with van der Waals surface area (Å²) in [5.74, 6) is 1.16. The highest BCUT2D eigenvalue weighted by Crippen LogP contribution is 2.32. The molecule has 3 heterocycles. The van der Waals surface area contributed by atoms with E-state index in [-0.39, 0.29) is 5.82 Å². The van der Waals surface area contributed by atoms with E-state index in [2.05, 4.69) is 21.4 Å². The second kappa shape index (κ2) is 6.20. The van der Waals surface area contributed by atoms with E-state index in [0.717, 1.165) is 54.1 Å². The Balaban J connectivity index is 1.53. The molecular weight excluding hydrogens is 329 g/mol. The highest BCUT2D eigenvalue weighted by atomic mass is 19.1. The van der Waals surface area contributed by atoms with Crippen LogP contribution in [0, 0.1) is 11.7 Å². The molecule has 0 spiro atoms. The second-order valence-corrected chi connectivity index (χ2v) is 7.12. The number of rotatable bonds is 4. The van der Waals surface area contributed by atoms with Gasteiger partial charge in [-0.2, -0.15) is 0 Å². The van der Waals surface area contributed by atoms with E-state index in [4.69, 9.17) is 4.98 Å². The lowest BCUT2D eigenvalue weighted by molar-refractivity contribution is 0.629. The van der Waals surface area contributed by atoms with Crippen LogP contribution in [0.25, 0.3) is 11.2 Å². The minimum atomic E-state index is -0.317. The number of pyridine rings is 1. The molecule has 2 aliphatic carbocycles. The molecule has 3 aromatic rings. The SMILES string of the molecule is Fc1cc(C2=CCCCc3nc(NCC4CC4)ncc32)cn2ccnc12. The molecular formula is C20H20FN5. The van der Waals surface area contributed by atoms with Gasteiger partial charge in [0.1, 0.15) is 0 Å². The maximum atomic E-state index is 14.4. The zero-order valence-electron chi connectivity index (χ0n) is 14.5. The van der Waals surface area contributed by atoms with Crippen LogP contribution >= 0.6 is 0 Å². The van der Waals surface area contributed by atoms with Crippen LogP contribution in [0.4, 0.5) is 10.3 Å². The molecule has 2 aliphatic rings. The van der Waals surface area contributed by atoms with Crippen LogP contribution in [0.1, 0.15) is 42.5 Å². The number of fused-ring (bicyclic) bond motifs is 2. The number of anilines is 1. The Bertz CT molecular complexity index is 1000. The molecule has 5 nitrogen and oxygen atoms in total. The van der Waals surface area contributed by atoms with Crippen molar-refractivity contribution in [2.75, 3.05) is 11.9 Å². The quantitative estimate of drug-likeness (QED) is 0.777. The third-order valence-corrected chi connectivity index (χ3v) is 5.12. The number of aryl methyl sites for hydroxylation is 1. The van der Waals surface area contributed by atoms with Gasteiger partial charge in [0.2, 0.25) is 5.95 Å². The fraction of sp³-hybridized carbons (Fsp3) is 0.350. The topological polar surface area (TPSA) is 55.1 Å². The van der Waals surface area contributed by atoms with Gasteiger partial charge in [-0.25, -0.2) is 19.3 Å². The van der Waals surface area contributed by atoms with Crippen molar-refractivity contribution in [2.24, 2.45) is 5.92 Å². The normalized spacial score (nSPS) is 16.9. The number of aromatic nitrogens is 4. The van der Waals surface area contributed by atoms with Crippen molar-refractivity contribution >= 4 is 17.2 Å². The first kappa shape index (κ1) is 15.5. The highest BCUT2D eigenvalue weighted by molar-refractivity contribution is 5.81. The van der Waals surface area contributed by atoms with Crippen molar-refractivity contribution in [3.8, 4) is 0 Å². The summed E-state index contributed by atoms with van der Waals surface area (Å²) in [6.45, 7) is 0.948. The Morgan fingerprint density at radius 1 is 1.27 bits per heavy atom. The van der Waals surface area contributed by atoms with Gasteiger partial charge < -0.3 is 9.72 Å². The van der Waals surface area contributed by atoms with Crippen molar-refractivity contribution in [1.29, 1.82) is 0 Å². The number of hydrogen-bond donors (Lipinski definition) is 1. The molecule has 0 amide bonds. The van der Waals surface area contributed by atoms with E-state index in [9.17, 15) is 4.39 Å². The molecule has 1 fully saturated rings. The molecule has 0 aliphatic heterocycles. The van der Waals surface area contributed by atoms with Crippen LogP contribution < -0.4 is 5.32 Å². The molecule has 6 heteroatoms. The third-order valence-electron chi connectivity index (χ3n) is 5.12. The third kappa shape index (κ3) is 2.85. The summed E-state index contributed by atoms with van der Waals surface area (Å²) >= 11 is 0. The van der Waals surface area contributed by atoms with Gasteiger partial charge in [-0.3, -0.25) is 0 Å². The zero-order valence-corrected chi connectivity index (χ0v) is 14.5. The Hall–Kier alpha value is -2.76. The molecule has 0 aromatic carbocycles. The number of halogens is 1. The van der Waals surface area contributed by atoms with Crippen LogP contribution in [0.5, 0.6) is 0 Å². The minimum absolute atomic E-state index is 0.317. The summed E-state index contributed by atoms with van der Waals surface area (Å²) in [6.07, 6.45) is 14.8. The number of nitrogens with zero attached hydrogens (tertiary/aromatic N) is 4. The Labute approximate surface area is 151 Å². The molecule has 132 valence electrons. The number of allylic oxidation sites excluding steroid dienone is 1. The smallest absolute Gasteiger partial charge is 0.222 e. The van der Waals surface area contributed by atoms with E-state index >= 15 is 0 Å². The van der Waals surface area contributed by atoms with Gasteiger partial charge in [0.25, 0.3) is 0 Å². The maximum Gasteiger partial charge on any atom is 0.222 e. The predicted octanol–water partition coefficient (Wildman–Crippen LogP) is 3.85. The molecule has 0 saturated heterocycles. The molecule has 1 N–H and O–H groups in total. The van der Waals surface area contributed by atoms with Crippen LogP contribution in [-0.2, 0) is 6.42 Å². The van der Waals surface area contributed by atoms with Crippen molar-refractivity contribution in [1.82, 2.24) is 19.4 Å². The molecule has 0 bridgehead atoms. The van der Waals surface area contributed by atoms with E-state index in [1.165, 1.54) is 12.8 Å². The first-order valence-electron chi connectivity index (χ1n) is 9.21. The largest absolute Gasteiger partial charge is 0.354 e. The van der Waals surface area contributed by atoms with Crippen molar-refractivity contribution in [2.45, 2.75) is 32.1 Å². The molecule has 0 unspecified atom stereocenters. The predicted molar refractivity (Wildman–Crippen MR) is 98.4 cm³/mol. The summed E-state index contributed by atoms with van der Waals surface area (Å²) in [6, 6.07) is 1.56. The van der Waals surface area contributed by atoms with Crippen molar-refractivity contribution in [3.05, 3.63) is 59.6 Å². The Morgan fingerprint density at radius 3 is 3.08 bits per heavy atom. The van der Waals surface area contributed by atoms with Crippen molar-refractivity contribution < 1.29 is 4.39 Å². The van der Waals surface area contributed by atoms with Gasteiger partial charge in [-0.1, -0.05) is 6.08 Å². The van der Waals surface area contributed by atoms with Gasteiger partial charge in [0.15, 0.2) is 11.5 Å². The van der Waals surface area contributed by atoms with Gasteiger partial charge in [0.05, 0.1) is 5.69 Å². The Kier molecular flexibility index (Phi) is 3.69. The molecule has 0 atom stereocenters. The van der Waals surface area contributed by atoms with Gasteiger partial charge in [0, 0.05) is 42.5 Å². The second-order valence-electron chi connectivity index (χ2n) is 7.12. The van der Waals surface area contributed by atoms with Crippen molar-refractivity contribution in [3.63, 3.8) is 0 Å². The van der Waals surface area contributed by atoms with Crippen LogP contribution in [-0.4, -0.2) is 25.9 Å². The summed E-state index contributed by atoms with van der Waals surface area (Å²) in [7, 11) is 0. The molecule has 0 radical (unpaired) electrons. The minimum Gasteiger partial charge on any atom is -0.354 e. The first-order chi connectivity index (χ1) is 12.8. The van der Waals surface area contributed by atoms with Crippen LogP contribution in [0.2, 0.25) is 0 Å². The fourth-order valence-electron chi connectivity index (χ4n) is 3.51. The van der Waals surface area contributed by atoms with Gasteiger partial charge >= 0.3 is 0 Å². The van der Waals surface area contributed by atoms with E-state index < -0.39 is 0 Å². The zero-order chi connectivity index (χ0) is 17.5. The summed E-state index contributed by atoms with van der Waals surface area (Å²) < 4.78 is 16.1. The lowest BCUT2D eigenvalue weighted by Crippen LogP contribution is -2.09. The highest BCUT2D eigenvalue weighted by Gasteiger charge is 2.22. The van der Waals surface area contributed by atoms with E-state index in [0.29, 0.717) is 11.6 Å². The average molecular weight is 349 g/mol. The summed E-state index contributed by atoms with van der Waals surface area (Å²) in [5, 5.41) is 3.35. The lowest BCUT2D eigenvalue weighted by Gasteiger charge is -2.13. The number of nitrogens with one attached hydrogen (secondary N) is 1. The van der Waals surface area contributed by atoms with Crippen LogP contribution in [0.15, 0.2) is 36.9 Å². The molecule has 26 heavy (non-hydrogen) atoms. The first-order valence-corrected chi connectivity index (χ1v) is 9.21.